The average Bonchev–Trinajstić information content (AvgIpc) is 3.08. The van der Waals surface area contributed by atoms with Gasteiger partial charge in [0.05, 0.1) is 19.1 Å². The number of ether oxygens (including phenoxy) is 2. The van der Waals surface area contributed by atoms with Crippen LogP contribution in [0.15, 0.2) is 42.5 Å². The SMILES string of the molecule is CC(CCc1ccc(OC(C)C)cc1)NC(=O)Cc1ccc2c(c1)CCO2. The Bertz CT molecular complexity index is 768. The van der Waals surface area contributed by atoms with E-state index in [1.54, 1.807) is 0 Å². The van der Waals surface area contributed by atoms with Crippen LogP contribution >= 0.6 is 0 Å². The van der Waals surface area contributed by atoms with Crippen LogP contribution in [0.3, 0.4) is 0 Å². The topological polar surface area (TPSA) is 47.6 Å². The third-order valence-electron chi connectivity index (χ3n) is 4.69. The van der Waals surface area contributed by atoms with Crippen molar-refractivity contribution in [2.45, 2.75) is 58.6 Å². The van der Waals surface area contributed by atoms with Crippen molar-refractivity contribution in [1.82, 2.24) is 5.32 Å². The summed E-state index contributed by atoms with van der Waals surface area (Å²) in [6.07, 6.45) is 3.37. The Morgan fingerprint density at radius 2 is 1.85 bits per heavy atom. The Balaban J connectivity index is 1.43. The van der Waals surface area contributed by atoms with Gasteiger partial charge in [-0.2, -0.15) is 0 Å². The lowest BCUT2D eigenvalue weighted by Gasteiger charge is -2.15. The molecule has 0 fully saturated rings. The summed E-state index contributed by atoms with van der Waals surface area (Å²) in [5.74, 6) is 1.93. The molecule has 144 valence electrons. The van der Waals surface area contributed by atoms with Gasteiger partial charge in [0.2, 0.25) is 5.91 Å². The summed E-state index contributed by atoms with van der Waals surface area (Å²) >= 11 is 0. The Labute approximate surface area is 161 Å². The molecule has 1 heterocycles. The number of carbonyl (C=O) groups excluding carboxylic acids is 1. The number of fused-ring (bicyclic) bond motifs is 1. The molecule has 0 bridgehead atoms. The fourth-order valence-electron chi connectivity index (χ4n) is 3.32. The molecule has 1 atom stereocenters. The lowest BCUT2D eigenvalue weighted by Crippen LogP contribution is -2.34. The van der Waals surface area contributed by atoms with Crippen LogP contribution in [0, 0.1) is 0 Å². The fourth-order valence-corrected chi connectivity index (χ4v) is 3.32. The smallest absolute Gasteiger partial charge is 0.224 e. The van der Waals surface area contributed by atoms with Gasteiger partial charge in [-0.05, 0) is 68.5 Å². The van der Waals surface area contributed by atoms with Crippen molar-refractivity contribution in [3.05, 3.63) is 59.2 Å². The summed E-state index contributed by atoms with van der Waals surface area (Å²) in [5.41, 5.74) is 3.51. The third-order valence-corrected chi connectivity index (χ3v) is 4.69. The largest absolute Gasteiger partial charge is 0.493 e. The maximum atomic E-state index is 12.3. The van der Waals surface area contributed by atoms with Gasteiger partial charge in [0.15, 0.2) is 0 Å². The lowest BCUT2D eigenvalue weighted by molar-refractivity contribution is -0.121. The predicted molar refractivity (Wildman–Crippen MR) is 107 cm³/mol. The van der Waals surface area contributed by atoms with E-state index in [4.69, 9.17) is 9.47 Å². The summed E-state index contributed by atoms with van der Waals surface area (Å²) in [4.78, 5) is 12.3. The summed E-state index contributed by atoms with van der Waals surface area (Å²) in [7, 11) is 0. The first kappa shape index (κ1) is 19.3. The van der Waals surface area contributed by atoms with Crippen LogP contribution < -0.4 is 14.8 Å². The van der Waals surface area contributed by atoms with Crippen LogP contribution in [0.4, 0.5) is 0 Å². The van der Waals surface area contributed by atoms with E-state index in [0.717, 1.165) is 42.9 Å². The van der Waals surface area contributed by atoms with Crippen molar-refractivity contribution in [3.63, 3.8) is 0 Å². The van der Waals surface area contributed by atoms with Crippen LogP contribution in [0.25, 0.3) is 0 Å². The number of aryl methyl sites for hydroxylation is 1. The molecule has 1 aliphatic rings. The molecule has 2 aromatic carbocycles. The van der Waals surface area contributed by atoms with E-state index in [1.807, 2.05) is 38.1 Å². The van der Waals surface area contributed by atoms with Crippen LogP contribution in [0.5, 0.6) is 11.5 Å². The predicted octanol–water partition coefficient (Wildman–Crippen LogP) is 4.09. The molecule has 4 heteroatoms. The first-order valence-corrected chi connectivity index (χ1v) is 9.79. The molecule has 27 heavy (non-hydrogen) atoms. The minimum atomic E-state index is 0.0713. The van der Waals surface area contributed by atoms with Gasteiger partial charge in [-0.15, -0.1) is 0 Å². The highest BCUT2D eigenvalue weighted by Gasteiger charge is 2.14. The number of amides is 1. The Hall–Kier alpha value is -2.49. The zero-order valence-electron chi connectivity index (χ0n) is 16.5. The van der Waals surface area contributed by atoms with Crippen molar-refractivity contribution >= 4 is 5.91 Å². The van der Waals surface area contributed by atoms with Crippen molar-refractivity contribution in [2.75, 3.05) is 6.61 Å². The van der Waals surface area contributed by atoms with E-state index in [-0.39, 0.29) is 18.1 Å². The molecule has 1 N–H and O–H groups in total. The number of nitrogens with one attached hydrogen (secondary N) is 1. The van der Waals surface area contributed by atoms with E-state index in [0.29, 0.717) is 6.42 Å². The van der Waals surface area contributed by atoms with Crippen LogP contribution in [0.1, 0.15) is 43.9 Å². The molecular weight excluding hydrogens is 338 g/mol. The molecule has 4 nitrogen and oxygen atoms in total. The molecule has 0 spiro atoms. The number of hydrogen-bond acceptors (Lipinski definition) is 3. The van der Waals surface area contributed by atoms with Gasteiger partial charge in [-0.1, -0.05) is 24.3 Å². The Morgan fingerprint density at radius 1 is 1.11 bits per heavy atom. The normalized spacial score (nSPS) is 13.8. The number of rotatable bonds is 8. The lowest BCUT2D eigenvalue weighted by atomic mass is 10.0. The molecule has 1 aliphatic heterocycles. The zero-order valence-corrected chi connectivity index (χ0v) is 16.5. The second-order valence-electron chi connectivity index (χ2n) is 7.54. The molecule has 0 saturated carbocycles. The standard InChI is InChI=1S/C23H29NO3/c1-16(2)27-21-9-6-18(7-10-21)5-4-17(3)24-23(25)15-19-8-11-22-20(14-19)12-13-26-22/h6-11,14,16-17H,4-5,12-13,15H2,1-3H3,(H,24,25). The summed E-state index contributed by atoms with van der Waals surface area (Å²) in [6.45, 7) is 6.85. The summed E-state index contributed by atoms with van der Waals surface area (Å²) < 4.78 is 11.2. The quantitative estimate of drug-likeness (QED) is 0.764. The molecule has 0 saturated heterocycles. The van der Waals surface area contributed by atoms with Gasteiger partial charge in [-0.25, -0.2) is 0 Å². The van der Waals surface area contributed by atoms with E-state index in [2.05, 4.69) is 30.4 Å². The van der Waals surface area contributed by atoms with Gasteiger partial charge < -0.3 is 14.8 Å². The highest BCUT2D eigenvalue weighted by molar-refractivity contribution is 5.79. The minimum Gasteiger partial charge on any atom is -0.493 e. The third kappa shape index (κ3) is 5.75. The fraction of sp³-hybridized carbons (Fsp3) is 0.435. The molecule has 0 radical (unpaired) electrons. The molecular formula is C23H29NO3. The Kier molecular flexibility index (Phi) is 6.38. The van der Waals surface area contributed by atoms with Crippen molar-refractivity contribution < 1.29 is 14.3 Å². The molecule has 0 aliphatic carbocycles. The average molecular weight is 367 g/mol. The highest BCUT2D eigenvalue weighted by Crippen LogP contribution is 2.26. The summed E-state index contributed by atoms with van der Waals surface area (Å²) in [6, 6.07) is 14.4. The maximum Gasteiger partial charge on any atom is 0.224 e. The van der Waals surface area contributed by atoms with E-state index < -0.39 is 0 Å². The maximum absolute atomic E-state index is 12.3. The van der Waals surface area contributed by atoms with Crippen LogP contribution in [-0.2, 0) is 24.1 Å². The van der Waals surface area contributed by atoms with E-state index in [1.165, 1.54) is 11.1 Å². The van der Waals surface area contributed by atoms with Crippen molar-refractivity contribution in [2.24, 2.45) is 0 Å². The van der Waals surface area contributed by atoms with Crippen LogP contribution in [0.2, 0.25) is 0 Å². The monoisotopic (exact) mass is 367 g/mol. The zero-order chi connectivity index (χ0) is 19.2. The highest BCUT2D eigenvalue weighted by atomic mass is 16.5. The van der Waals surface area contributed by atoms with Gasteiger partial charge >= 0.3 is 0 Å². The molecule has 1 amide bonds. The molecule has 2 aromatic rings. The molecule has 3 rings (SSSR count). The number of carbonyl (C=O) groups is 1. The number of hydrogen-bond donors (Lipinski definition) is 1. The van der Waals surface area contributed by atoms with Gasteiger partial charge in [0, 0.05) is 12.5 Å². The van der Waals surface area contributed by atoms with Gasteiger partial charge in [0.25, 0.3) is 0 Å². The second-order valence-corrected chi connectivity index (χ2v) is 7.54. The first-order valence-electron chi connectivity index (χ1n) is 9.79. The van der Waals surface area contributed by atoms with E-state index >= 15 is 0 Å². The first-order chi connectivity index (χ1) is 13.0. The number of benzene rings is 2. The molecule has 1 unspecified atom stereocenters. The van der Waals surface area contributed by atoms with Crippen LogP contribution in [-0.4, -0.2) is 24.7 Å². The van der Waals surface area contributed by atoms with Gasteiger partial charge in [0.1, 0.15) is 11.5 Å². The van der Waals surface area contributed by atoms with Gasteiger partial charge in [-0.3, -0.25) is 4.79 Å². The van der Waals surface area contributed by atoms with Crippen molar-refractivity contribution in [3.8, 4) is 11.5 Å². The molecule has 0 aromatic heterocycles. The minimum absolute atomic E-state index is 0.0713. The summed E-state index contributed by atoms with van der Waals surface area (Å²) in [5, 5.41) is 3.11. The van der Waals surface area contributed by atoms with E-state index in [9.17, 15) is 4.79 Å². The van der Waals surface area contributed by atoms with Crippen molar-refractivity contribution in [1.29, 1.82) is 0 Å². The Morgan fingerprint density at radius 3 is 2.59 bits per heavy atom. The second kappa shape index (κ2) is 8.94.